The lowest BCUT2D eigenvalue weighted by Crippen LogP contribution is -2.40. The number of carbonyl (C=O) groups is 2. The third-order valence-corrected chi connectivity index (χ3v) is 4.62. The van der Waals surface area contributed by atoms with Gasteiger partial charge in [-0.2, -0.15) is 0 Å². The molecule has 1 atom stereocenters. The SMILES string of the molecule is CC(C)(O)[C@H](O)COc1ccc(C2=C(Cc3ccccc3)C(=O)NC2=O)cc1. The summed E-state index contributed by atoms with van der Waals surface area (Å²) in [5, 5.41) is 21.9. The second-order valence-electron chi connectivity index (χ2n) is 7.30. The van der Waals surface area contributed by atoms with Crippen molar-refractivity contribution < 1.29 is 24.5 Å². The smallest absolute Gasteiger partial charge is 0.259 e. The molecule has 0 radical (unpaired) electrons. The maximum atomic E-state index is 12.3. The minimum absolute atomic E-state index is 0.0657. The van der Waals surface area contributed by atoms with Gasteiger partial charge in [0, 0.05) is 12.0 Å². The van der Waals surface area contributed by atoms with Crippen LogP contribution in [0.2, 0.25) is 0 Å². The lowest BCUT2D eigenvalue weighted by Gasteiger charge is -2.24. The first-order valence-corrected chi connectivity index (χ1v) is 9.02. The van der Waals surface area contributed by atoms with Crippen LogP contribution in [-0.4, -0.2) is 40.3 Å². The molecule has 0 unspecified atom stereocenters. The zero-order valence-electron chi connectivity index (χ0n) is 15.8. The van der Waals surface area contributed by atoms with E-state index in [1.54, 1.807) is 24.3 Å². The van der Waals surface area contributed by atoms with Crippen molar-refractivity contribution in [2.45, 2.75) is 32.0 Å². The van der Waals surface area contributed by atoms with E-state index in [4.69, 9.17) is 4.74 Å². The molecule has 6 heteroatoms. The van der Waals surface area contributed by atoms with E-state index in [0.717, 1.165) is 5.56 Å². The molecule has 0 aromatic heterocycles. The highest BCUT2D eigenvalue weighted by Crippen LogP contribution is 2.28. The summed E-state index contributed by atoms with van der Waals surface area (Å²) in [5.41, 5.74) is 1.09. The first-order chi connectivity index (χ1) is 13.3. The molecular weight excluding hydrogens is 358 g/mol. The van der Waals surface area contributed by atoms with Crippen molar-refractivity contribution in [2.75, 3.05) is 6.61 Å². The molecule has 2 aromatic carbocycles. The highest BCUT2D eigenvalue weighted by atomic mass is 16.5. The van der Waals surface area contributed by atoms with E-state index in [1.807, 2.05) is 30.3 Å². The Kier molecular flexibility index (Phi) is 5.63. The monoisotopic (exact) mass is 381 g/mol. The number of benzene rings is 2. The normalized spacial score (nSPS) is 15.6. The molecule has 1 aliphatic heterocycles. The van der Waals surface area contributed by atoms with Crippen molar-refractivity contribution in [3.63, 3.8) is 0 Å². The minimum Gasteiger partial charge on any atom is -0.491 e. The summed E-state index contributed by atoms with van der Waals surface area (Å²) in [4.78, 5) is 24.6. The molecule has 2 aromatic rings. The molecule has 1 aliphatic rings. The van der Waals surface area contributed by atoms with Crippen molar-refractivity contribution in [1.82, 2.24) is 5.32 Å². The number of aliphatic hydroxyl groups excluding tert-OH is 1. The number of imide groups is 1. The Balaban J connectivity index is 1.80. The molecule has 28 heavy (non-hydrogen) atoms. The Labute approximate surface area is 163 Å². The van der Waals surface area contributed by atoms with Gasteiger partial charge in [-0.3, -0.25) is 14.9 Å². The third-order valence-electron chi connectivity index (χ3n) is 4.62. The van der Waals surface area contributed by atoms with Gasteiger partial charge in [0.05, 0.1) is 11.2 Å². The van der Waals surface area contributed by atoms with Crippen molar-refractivity contribution in [2.24, 2.45) is 0 Å². The lowest BCUT2D eigenvalue weighted by atomic mass is 9.96. The van der Waals surface area contributed by atoms with Gasteiger partial charge in [-0.25, -0.2) is 0 Å². The maximum Gasteiger partial charge on any atom is 0.259 e. The summed E-state index contributed by atoms with van der Waals surface area (Å²) >= 11 is 0. The summed E-state index contributed by atoms with van der Waals surface area (Å²) in [6, 6.07) is 16.2. The Bertz CT molecular complexity index is 895. The first-order valence-electron chi connectivity index (χ1n) is 9.02. The van der Waals surface area contributed by atoms with Gasteiger partial charge >= 0.3 is 0 Å². The van der Waals surface area contributed by atoms with E-state index < -0.39 is 17.6 Å². The average molecular weight is 381 g/mol. The average Bonchev–Trinajstić information content (AvgIpc) is 2.93. The van der Waals surface area contributed by atoms with Crippen LogP contribution in [0.5, 0.6) is 5.75 Å². The largest absolute Gasteiger partial charge is 0.491 e. The molecule has 3 rings (SSSR count). The summed E-state index contributed by atoms with van der Waals surface area (Å²) in [6.45, 7) is 2.94. The van der Waals surface area contributed by atoms with Crippen molar-refractivity contribution >= 4 is 17.4 Å². The van der Waals surface area contributed by atoms with Crippen LogP contribution < -0.4 is 10.1 Å². The number of rotatable bonds is 7. The van der Waals surface area contributed by atoms with E-state index in [9.17, 15) is 19.8 Å². The van der Waals surface area contributed by atoms with Crippen LogP contribution in [0.25, 0.3) is 5.57 Å². The van der Waals surface area contributed by atoms with Gasteiger partial charge in [-0.1, -0.05) is 42.5 Å². The zero-order valence-corrected chi connectivity index (χ0v) is 15.8. The second kappa shape index (κ2) is 7.96. The third kappa shape index (κ3) is 4.47. The van der Waals surface area contributed by atoms with E-state index in [0.29, 0.717) is 28.9 Å². The fraction of sp³-hybridized carbons (Fsp3) is 0.273. The molecule has 146 valence electrons. The van der Waals surface area contributed by atoms with Crippen LogP contribution in [0, 0.1) is 0 Å². The maximum absolute atomic E-state index is 12.3. The molecule has 1 heterocycles. The molecule has 0 saturated carbocycles. The van der Waals surface area contributed by atoms with E-state index in [1.165, 1.54) is 13.8 Å². The summed E-state index contributed by atoms with van der Waals surface area (Å²) in [7, 11) is 0. The fourth-order valence-electron chi connectivity index (χ4n) is 2.86. The topological polar surface area (TPSA) is 95.9 Å². The van der Waals surface area contributed by atoms with Gasteiger partial charge < -0.3 is 14.9 Å². The van der Waals surface area contributed by atoms with Gasteiger partial charge in [0.2, 0.25) is 0 Å². The molecule has 0 aliphatic carbocycles. The first kappa shape index (κ1) is 19.8. The van der Waals surface area contributed by atoms with Gasteiger partial charge in [0.1, 0.15) is 18.5 Å². The van der Waals surface area contributed by atoms with Gasteiger partial charge in [0.25, 0.3) is 11.8 Å². The van der Waals surface area contributed by atoms with Crippen molar-refractivity contribution in [1.29, 1.82) is 0 Å². The van der Waals surface area contributed by atoms with Gasteiger partial charge in [-0.05, 0) is 37.1 Å². The van der Waals surface area contributed by atoms with E-state index >= 15 is 0 Å². The summed E-state index contributed by atoms with van der Waals surface area (Å²) in [5.74, 6) is -0.304. The Hall–Kier alpha value is -2.96. The summed E-state index contributed by atoms with van der Waals surface area (Å²) < 4.78 is 5.49. The number of carbonyl (C=O) groups excluding carboxylic acids is 2. The molecule has 6 nitrogen and oxygen atoms in total. The highest BCUT2D eigenvalue weighted by Gasteiger charge is 2.31. The van der Waals surface area contributed by atoms with Crippen LogP contribution in [-0.2, 0) is 16.0 Å². The van der Waals surface area contributed by atoms with Crippen LogP contribution >= 0.6 is 0 Å². The van der Waals surface area contributed by atoms with Crippen molar-refractivity contribution in [3.8, 4) is 5.75 Å². The van der Waals surface area contributed by atoms with Gasteiger partial charge in [-0.15, -0.1) is 0 Å². The Morgan fingerprint density at radius 1 is 1.00 bits per heavy atom. The number of aliphatic hydroxyl groups is 2. The van der Waals surface area contributed by atoms with E-state index in [2.05, 4.69) is 5.32 Å². The highest BCUT2D eigenvalue weighted by molar-refractivity contribution is 6.36. The quantitative estimate of drug-likeness (QED) is 0.636. The molecule has 3 N–H and O–H groups in total. The molecule has 0 fully saturated rings. The number of hydrogen-bond donors (Lipinski definition) is 3. The molecule has 0 saturated heterocycles. The fourth-order valence-corrected chi connectivity index (χ4v) is 2.86. The van der Waals surface area contributed by atoms with Crippen LogP contribution in [0.4, 0.5) is 0 Å². The standard InChI is InChI=1S/C22H23NO5/c1-22(2,27)18(24)13-28-16-10-8-15(9-11-16)19-17(20(25)23-21(19)26)12-14-6-4-3-5-7-14/h3-11,18,24,27H,12-13H2,1-2H3,(H,23,25,26)/t18-/m1/s1. The number of ether oxygens (including phenoxy) is 1. The van der Waals surface area contributed by atoms with Crippen molar-refractivity contribution in [3.05, 3.63) is 71.3 Å². The minimum atomic E-state index is -1.26. The van der Waals surface area contributed by atoms with Crippen LogP contribution in [0.15, 0.2) is 60.2 Å². The zero-order chi connectivity index (χ0) is 20.3. The van der Waals surface area contributed by atoms with Gasteiger partial charge in [0.15, 0.2) is 0 Å². The number of amides is 2. The second-order valence-corrected chi connectivity index (χ2v) is 7.30. The number of nitrogens with one attached hydrogen (secondary N) is 1. The molecular formula is C22H23NO5. The van der Waals surface area contributed by atoms with E-state index in [-0.39, 0.29) is 12.5 Å². The molecule has 2 amide bonds. The Morgan fingerprint density at radius 2 is 1.64 bits per heavy atom. The van der Waals surface area contributed by atoms with Crippen LogP contribution in [0.3, 0.4) is 0 Å². The lowest BCUT2D eigenvalue weighted by molar-refractivity contribution is -0.123. The number of hydrogen-bond acceptors (Lipinski definition) is 5. The summed E-state index contributed by atoms with van der Waals surface area (Å²) in [6.07, 6.45) is -0.672. The Morgan fingerprint density at radius 3 is 2.25 bits per heavy atom. The molecule has 0 spiro atoms. The predicted molar refractivity (Wildman–Crippen MR) is 104 cm³/mol. The molecule has 0 bridgehead atoms. The predicted octanol–water partition coefficient (Wildman–Crippen LogP) is 1.85. The van der Waals surface area contributed by atoms with Crippen LogP contribution in [0.1, 0.15) is 25.0 Å².